The smallest absolute Gasteiger partial charge is 0.276 e. The molecule has 4 N–H and O–H groups in total. The summed E-state index contributed by atoms with van der Waals surface area (Å²) in [4.78, 5) is 12.3. The number of amides is 1. The predicted molar refractivity (Wildman–Crippen MR) is 79.6 cm³/mol. The summed E-state index contributed by atoms with van der Waals surface area (Å²) in [7, 11) is 0. The van der Waals surface area contributed by atoms with Crippen LogP contribution >= 0.6 is 0 Å². The molecule has 1 aromatic heterocycles. The predicted octanol–water partition coefficient (Wildman–Crippen LogP) is 2.71. The van der Waals surface area contributed by atoms with Crippen molar-refractivity contribution in [2.75, 3.05) is 11.1 Å². The van der Waals surface area contributed by atoms with Crippen LogP contribution in [0.15, 0.2) is 42.5 Å². The van der Waals surface area contributed by atoms with Crippen molar-refractivity contribution in [3.05, 3.63) is 53.7 Å². The minimum absolute atomic E-state index is 0.259. The first kappa shape index (κ1) is 12.2. The molecule has 3 rings (SSSR count). The first-order valence-electron chi connectivity index (χ1n) is 6.25. The van der Waals surface area contributed by atoms with Gasteiger partial charge in [-0.2, -0.15) is 5.10 Å². The summed E-state index contributed by atoms with van der Waals surface area (Å²) in [5.41, 5.74) is 9.35. The van der Waals surface area contributed by atoms with E-state index in [2.05, 4.69) is 15.5 Å². The molecular weight excluding hydrogens is 252 g/mol. The van der Waals surface area contributed by atoms with Gasteiger partial charge >= 0.3 is 0 Å². The molecule has 0 fully saturated rings. The van der Waals surface area contributed by atoms with Crippen molar-refractivity contribution in [3.8, 4) is 0 Å². The van der Waals surface area contributed by atoms with Crippen molar-refractivity contribution in [1.29, 1.82) is 0 Å². The summed E-state index contributed by atoms with van der Waals surface area (Å²) in [5.74, 6) is -0.259. The van der Waals surface area contributed by atoms with Gasteiger partial charge in [-0.3, -0.25) is 9.89 Å². The van der Waals surface area contributed by atoms with Crippen molar-refractivity contribution in [2.45, 2.75) is 6.92 Å². The van der Waals surface area contributed by atoms with E-state index in [-0.39, 0.29) is 5.91 Å². The lowest BCUT2D eigenvalue weighted by molar-refractivity contribution is 0.102. The summed E-state index contributed by atoms with van der Waals surface area (Å²) >= 11 is 0. The lowest BCUT2D eigenvalue weighted by Crippen LogP contribution is -2.12. The average molecular weight is 266 g/mol. The molecule has 5 heteroatoms. The SMILES string of the molecule is Cc1ccc(NC(=O)c2n[nH]c3ccc(N)cc23)cc1. The number of rotatable bonds is 2. The molecule has 0 bridgehead atoms. The summed E-state index contributed by atoms with van der Waals surface area (Å²) in [6, 6.07) is 12.9. The van der Waals surface area contributed by atoms with Gasteiger partial charge in [-0.15, -0.1) is 0 Å². The van der Waals surface area contributed by atoms with Crippen LogP contribution in [-0.2, 0) is 0 Å². The molecule has 0 aliphatic carbocycles. The van der Waals surface area contributed by atoms with Gasteiger partial charge in [-0.25, -0.2) is 0 Å². The Morgan fingerprint density at radius 2 is 1.95 bits per heavy atom. The maximum absolute atomic E-state index is 12.3. The van der Waals surface area contributed by atoms with Crippen molar-refractivity contribution < 1.29 is 4.79 Å². The number of H-pyrrole nitrogens is 1. The minimum Gasteiger partial charge on any atom is -0.399 e. The number of aromatic nitrogens is 2. The highest BCUT2D eigenvalue weighted by molar-refractivity contribution is 6.11. The van der Waals surface area contributed by atoms with Crippen LogP contribution in [0.25, 0.3) is 10.9 Å². The Hall–Kier alpha value is -2.82. The second kappa shape index (κ2) is 4.70. The van der Waals surface area contributed by atoms with E-state index in [1.807, 2.05) is 31.2 Å². The zero-order chi connectivity index (χ0) is 14.1. The van der Waals surface area contributed by atoms with Gasteiger partial charge in [-0.05, 0) is 37.3 Å². The Morgan fingerprint density at radius 3 is 2.70 bits per heavy atom. The molecule has 0 saturated carbocycles. The Bertz CT molecular complexity index is 774. The number of aromatic amines is 1. The molecule has 1 amide bonds. The summed E-state index contributed by atoms with van der Waals surface area (Å²) in [6.07, 6.45) is 0. The van der Waals surface area contributed by atoms with Crippen LogP contribution in [0.5, 0.6) is 0 Å². The molecule has 0 radical (unpaired) electrons. The van der Waals surface area contributed by atoms with Crippen LogP contribution in [0.1, 0.15) is 16.1 Å². The molecule has 0 aliphatic heterocycles. The van der Waals surface area contributed by atoms with Crippen molar-refractivity contribution in [1.82, 2.24) is 10.2 Å². The van der Waals surface area contributed by atoms with Crippen LogP contribution in [0.3, 0.4) is 0 Å². The van der Waals surface area contributed by atoms with E-state index in [0.29, 0.717) is 11.4 Å². The molecule has 20 heavy (non-hydrogen) atoms. The van der Waals surface area contributed by atoms with Crippen LogP contribution < -0.4 is 11.1 Å². The zero-order valence-electron chi connectivity index (χ0n) is 11.0. The second-order valence-corrected chi connectivity index (χ2v) is 4.70. The van der Waals surface area contributed by atoms with Crippen LogP contribution in [0, 0.1) is 6.92 Å². The highest BCUT2D eigenvalue weighted by Crippen LogP contribution is 2.20. The van der Waals surface area contributed by atoms with E-state index in [9.17, 15) is 4.79 Å². The maximum Gasteiger partial charge on any atom is 0.276 e. The number of carbonyl (C=O) groups excluding carboxylic acids is 1. The normalized spacial score (nSPS) is 10.7. The fourth-order valence-corrected chi connectivity index (χ4v) is 2.03. The molecule has 1 heterocycles. The molecular formula is C15H14N4O. The molecule has 0 aliphatic rings. The average Bonchev–Trinajstić information content (AvgIpc) is 2.84. The van der Waals surface area contributed by atoms with E-state index in [0.717, 1.165) is 22.2 Å². The highest BCUT2D eigenvalue weighted by atomic mass is 16.1. The van der Waals surface area contributed by atoms with Crippen molar-refractivity contribution in [2.24, 2.45) is 0 Å². The minimum atomic E-state index is -0.259. The van der Waals surface area contributed by atoms with Crippen LogP contribution in [0.4, 0.5) is 11.4 Å². The molecule has 2 aromatic carbocycles. The van der Waals surface area contributed by atoms with Gasteiger partial charge in [0.25, 0.3) is 5.91 Å². The molecule has 0 spiro atoms. The lowest BCUT2D eigenvalue weighted by Gasteiger charge is -2.04. The van der Waals surface area contributed by atoms with Gasteiger partial charge < -0.3 is 11.1 Å². The Kier molecular flexibility index (Phi) is 2.87. The van der Waals surface area contributed by atoms with E-state index < -0.39 is 0 Å². The third-order valence-corrected chi connectivity index (χ3v) is 3.11. The zero-order valence-corrected chi connectivity index (χ0v) is 11.0. The fraction of sp³-hybridized carbons (Fsp3) is 0.0667. The van der Waals surface area contributed by atoms with Gasteiger partial charge in [-0.1, -0.05) is 17.7 Å². The fourth-order valence-electron chi connectivity index (χ4n) is 2.03. The number of benzene rings is 2. The maximum atomic E-state index is 12.3. The molecule has 5 nitrogen and oxygen atoms in total. The number of nitrogen functional groups attached to an aromatic ring is 1. The standard InChI is InChI=1S/C15H14N4O/c1-9-2-5-11(6-3-9)17-15(20)14-12-8-10(16)4-7-13(12)18-19-14/h2-8H,16H2,1H3,(H,17,20)(H,18,19). The third-order valence-electron chi connectivity index (χ3n) is 3.11. The number of nitrogens with two attached hydrogens (primary N) is 1. The number of carbonyl (C=O) groups is 1. The molecule has 3 aromatic rings. The second-order valence-electron chi connectivity index (χ2n) is 4.70. The van der Waals surface area contributed by atoms with Crippen LogP contribution in [-0.4, -0.2) is 16.1 Å². The number of fused-ring (bicyclic) bond motifs is 1. The number of hydrogen-bond acceptors (Lipinski definition) is 3. The quantitative estimate of drug-likeness (QED) is 0.623. The molecule has 0 atom stereocenters. The number of nitrogens with zero attached hydrogens (tertiary/aromatic N) is 1. The van der Waals surface area contributed by atoms with E-state index in [1.165, 1.54) is 0 Å². The Labute approximate surface area is 115 Å². The number of nitrogens with one attached hydrogen (secondary N) is 2. The molecule has 0 unspecified atom stereocenters. The molecule has 100 valence electrons. The van der Waals surface area contributed by atoms with Crippen LogP contribution in [0.2, 0.25) is 0 Å². The first-order chi connectivity index (χ1) is 9.63. The van der Waals surface area contributed by atoms with Crippen molar-refractivity contribution in [3.63, 3.8) is 0 Å². The monoisotopic (exact) mass is 266 g/mol. The van der Waals surface area contributed by atoms with E-state index >= 15 is 0 Å². The Balaban J connectivity index is 1.92. The summed E-state index contributed by atoms with van der Waals surface area (Å²) in [6.45, 7) is 2.00. The first-order valence-corrected chi connectivity index (χ1v) is 6.25. The van der Waals surface area contributed by atoms with Gasteiger partial charge in [0.2, 0.25) is 0 Å². The summed E-state index contributed by atoms with van der Waals surface area (Å²) in [5, 5.41) is 10.4. The van der Waals surface area contributed by atoms with Gasteiger partial charge in [0.15, 0.2) is 5.69 Å². The lowest BCUT2D eigenvalue weighted by atomic mass is 10.1. The third kappa shape index (κ3) is 2.21. The van der Waals surface area contributed by atoms with Crippen molar-refractivity contribution >= 4 is 28.2 Å². The van der Waals surface area contributed by atoms with E-state index in [4.69, 9.17) is 5.73 Å². The number of aryl methyl sites for hydroxylation is 1. The van der Waals surface area contributed by atoms with Gasteiger partial charge in [0.1, 0.15) is 0 Å². The topological polar surface area (TPSA) is 83.8 Å². The largest absolute Gasteiger partial charge is 0.399 e. The summed E-state index contributed by atoms with van der Waals surface area (Å²) < 4.78 is 0. The number of anilines is 2. The van der Waals surface area contributed by atoms with Gasteiger partial charge in [0.05, 0.1) is 5.52 Å². The number of hydrogen-bond donors (Lipinski definition) is 3. The molecule has 0 saturated heterocycles. The Morgan fingerprint density at radius 1 is 1.20 bits per heavy atom. The van der Waals surface area contributed by atoms with Gasteiger partial charge in [0, 0.05) is 16.8 Å². The highest BCUT2D eigenvalue weighted by Gasteiger charge is 2.14. The van der Waals surface area contributed by atoms with E-state index in [1.54, 1.807) is 18.2 Å².